The Morgan fingerprint density at radius 1 is 1.28 bits per heavy atom. The zero-order valence-corrected chi connectivity index (χ0v) is 11.5. The van der Waals surface area contributed by atoms with Crippen molar-refractivity contribution in [2.24, 2.45) is 5.73 Å². The van der Waals surface area contributed by atoms with E-state index in [0.29, 0.717) is 12.1 Å². The lowest BCUT2D eigenvalue weighted by atomic mass is 9.87. The average Bonchev–Trinajstić information content (AvgIpc) is 2.28. The molecule has 4 N–H and O–H groups in total. The Hall–Kier alpha value is -1.39. The number of carbonyl (C=O) groups is 1. The van der Waals surface area contributed by atoms with Crippen molar-refractivity contribution in [2.45, 2.75) is 39.2 Å². The highest BCUT2D eigenvalue weighted by Gasteiger charge is 2.13. The molecule has 1 rings (SSSR count). The van der Waals surface area contributed by atoms with Gasteiger partial charge in [-0.25, -0.2) is 4.79 Å². The molecule has 1 aromatic rings. The van der Waals surface area contributed by atoms with Gasteiger partial charge in [0.05, 0.1) is 11.7 Å². The molecule has 102 valence electrons. The van der Waals surface area contributed by atoms with Crippen LogP contribution >= 0.6 is 0 Å². The van der Waals surface area contributed by atoms with Gasteiger partial charge in [-0.3, -0.25) is 0 Å². The summed E-state index contributed by atoms with van der Waals surface area (Å²) in [6.45, 7) is 8.31. The van der Waals surface area contributed by atoms with Crippen LogP contribution in [-0.2, 0) is 5.41 Å². The molecule has 4 heteroatoms. The summed E-state index contributed by atoms with van der Waals surface area (Å²) in [7, 11) is 0. The van der Waals surface area contributed by atoms with Gasteiger partial charge in [0.2, 0.25) is 0 Å². The first kappa shape index (κ1) is 16.6. The summed E-state index contributed by atoms with van der Waals surface area (Å²) in [4.78, 5) is 10.6. The second-order valence-corrected chi connectivity index (χ2v) is 5.22. The third-order valence-electron chi connectivity index (χ3n) is 2.34. The highest BCUT2D eigenvalue weighted by atomic mass is 16.4. The summed E-state index contributed by atoms with van der Waals surface area (Å²) in [5.74, 6) is -0.875. The summed E-state index contributed by atoms with van der Waals surface area (Å²) in [6, 6.07) is 7.01. The number of hydrogen-bond donors (Lipinski definition) is 3. The first-order chi connectivity index (χ1) is 8.18. The molecular formula is C14H23NO3. The molecule has 0 saturated heterocycles. The van der Waals surface area contributed by atoms with Crippen LogP contribution in [0.3, 0.4) is 0 Å². The Kier molecular flexibility index (Phi) is 6.58. The normalized spacial score (nSPS) is 12.3. The number of rotatable bonds is 2. The van der Waals surface area contributed by atoms with Crippen LogP contribution in [0.4, 0.5) is 0 Å². The van der Waals surface area contributed by atoms with Crippen LogP contribution in [0, 0.1) is 0 Å². The average molecular weight is 253 g/mol. The minimum Gasteiger partial charge on any atom is -0.478 e. The molecule has 0 amide bonds. The van der Waals surface area contributed by atoms with Crippen molar-refractivity contribution < 1.29 is 15.0 Å². The quantitative estimate of drug-likeness (QED) is 0.752. The summed E-state index contributed by atoms with van der Waals surface area (Å²) in [5.41, 5.74) is 6.49. The second kappa shape index (κ2) is 7.13. The number of carboxylic acid groups (broad SMARTS) is 1. The van der Waals surface area contributed by atoms with Crippen molar-refractivity contribution in [2.75, 3.05) is 6.54 Å². The molecule has 0 saturated carbocycles. The third kappa shape index (κ3) is 6.37. The number of aromatic carboxylic acids is 1. The van der Waals surface area contributed by atoms with E-state index >= 15 is 0 Å². The van der Waals surface area contributed by atoms with Gasteiger partial charge < -0.3 is 15.9 Å². The molecule has 0 fully saturated rings. The molecule has 0 aliphatic rings. The molecule has 0 radical (unpaired) electrons. The maximum atomic E-state index is 10.6. The fourth-order valence-electron chi connectivity index (χ4n) is 1.11. The van der Waals surface area contributed by atoms with Gasteiger partial charge >= 0.3 is 5.97 Å². The number of benzene rings is 1. The topological polar surface area (TPSA) is 83.5 Å². The number of hydrogen-bond acceptors (Lipinski definition) is 3. The number of aliphatic hydroxyl groups excluding tert-OH is 1. The van der Waals surface area contributed by atoms with Crippen molar-refractivity contribution in [1.29, 1.82) is 0 Å². The molecule has 0 spiro atoms. The Labute approximate surface area is 108 Å². The largest absolute Gasteiger partial charge is 0.478 e. The highest BCUT2D eigenvalue weighted by Crippen LogP contribution is 2.21. The van der Waals surface area contributed by atoms with Gasteiger partial charge in [-0.15, -0.1) is 0 Å². The van der Waals surface area contributed by atoms with Gasteiger partial charge in [-0.1, -0.05) is 32.9 Å². The lowest BCUT2D eigenvalue weighted by molar-refractivity contribution is 0.0697. The van der Waals surface area contributed by atoms with Crippen LogP contribution in [-0.4, -0.2) is 28.8 Å². The van der Waals surface area contributed by atoms with E-state index in [4.69, 9.17) is 15.9 Å². The molecule has 0 aliphatic carbocycles. The summed E-state index contributed by atoms with van der Waals surface area (Å²) in [6.07, 6.45) is -0.338. The zero-order valence-electron chi connectivity index (χ0n) is 11.5. The van der Waals surface area contributed by atoms with E-state index in [0.717, 1.165) is 5.56 Å². The predicted octanol–water partition coefficient (Wildman–Crippen LogP) is 2.01. The maximum absolute atomic E-state index is 10.6. The monoisotopic (exact) mass is 253 g/mol. The van der Waals surface area contributed by atoms with E-state index in [1.807, 2.05) is 12.1 Å². The van der Waals surface area contributed by atoms with Crippen LogP contribution in [0.5, 0.6) is 0 Å². The van der Waals surface area contributed by atoms with Crippen LogP contribution in [0.25, 0.3) is 0 Å². The van der Waals surface area contributed by atoms with E-state index in [-0.39, 0.29) is 11.5 Å². The van der Waals surface area contributed by atoms with Crippen molar-refractivity contribution in [1.82, 2.24) is 0 Å². The number of aliphatic hydroxyl groups is 1. The minimum atomic E-state index is -0.875. The predicted molar refractivity (Wildman–Crippen MR) is 72.8 cm³/mol. The Balaban J connectivity index is 0.000000494. The van der Waals surface area contributed by atoms with Crippen LogP contribution in [0.15, 0.2) is 24.3 Å². The van der Waals surface area contributed by atoms with Gasteiger partial charge in [0, 0.05) is 6.54 Å². The van der Waals surface area contributed by atoms with E-state index < -0.39 is 5.97 Å². The van der Waals surface area contributed by atoms with Crippen LogP contribution in [0.2, 0.25) is 0 Å². The first-order valence-corrected chi connectivity index (χ1v) is 5.90. The van der Waals surface area contributed by atoms with E-state index in [9.17, 15) is 4.79 Å². The van der Waals surface area contributed by atoms with E-state index in [2.05, 4.69) is 20.8 Å². The molecule has 1 aromatic carbocycles. The SMILES string of the molecule is CC(C)(C)c1ccc(C(=O)O)cc1.CC(O)CN. The van der Waals surface area contributed by atoms with Crippen molar-refractivity contribution >= 4 is 5.97 Å². The summed E-state index contributed by atoms with van der Waals surface area (Å²) in [5, 5.41) is 16.9. The fourth-order valence-corrected chi connectivity index (χ4v) is 1.11. The third-order valence-corrected chi connectivity index (χ3v) is 2.34. The molecule has 18 heavy (non-hydrogen) atoms. The molecule has 1 atom stereocenters. The van der Waals surface area contributed by atoms with Crippen LogP contribution < -0.4 is 5.73 Å². The molecule has 0 aromatic heterocycles. The Bertz CT molecular complexity index is 364. The smallest absolute Gasteiger partial charge is 0.335 e. The molecule has 0 bridgehead atoms. The van der Waals surface area contributed by atoms with Crippen molar-refractivity contribution in [3.05, 3.63) is 35.4 Å². The first-order valence-electron chi connectivity index (χ1n) is 5.90. The number of nitrogens with two attached hydrogens (primary N) is 1. The highest BCUT2D eigenvalue weighted by molar-refractivity contribution is 5.87. The molecule has 4 nitrogen and oxygen atoms in total. The number of carboxylic acids is 1. The molecular weight excluding hydrogens is 230 g/mol. The van der Waals surface area contributed by atoms with E-state index in [1.54, 1.807) is 19.1 Å². The Morgan fingerprint density at radius 3 is 1.89 bits per heavy atom. The van der Waals surface area contributed by atoms with Crippen molar-refractivity contribution in [3.63, 3.8) is 0 Å². The fraction of sp³-hybridized carbons (Fsp3) is 0.500. The Morgan fingerprint density at radius 2 is 1.67 bits per heavy atom. The summed E-state index contributed by atoms with van der Waals surface area (Å²) >= 11 is 0. The summed E-state index contributed by atoms with van der Waals surface area (Å²) < 4.78 is 0. The van der Waals surface area contributed by atoms with E-state index in [1.165, 1.54) is 0 Å². The van der Waals surface area contributed by atoms with Gasteiger partial charge in [-0.2, -0.15) is 0 Å². The van der Waals surface area contributed by atoms with Gasteiger partial charge in [0.15, 0.2) is 0 Å². The van der Waals surface area contributed by atoms with Gasteiger partial charge in [0.1, 0.15) is 0 Å². The molecule has 1 unspecified atom stereocenters. The van der Waals surface area contributed by atoms with Gasteiger partial charge in [-0.05, 0) is 30.0 Å². The molecule has 0 aliphatic heterocycles. The maximum Gasteiger partial charge on any atom is 0.335 e. The van der Waals surface area contributed by atoms with Crippen molar-refractivity contribution in [3.8, 4) is 0 Å². The van der Waals surface area contributed by atoms with Crippen LogP contribution in [0.1, 0.15) is 43.6 Å². The van der Waals surface area contributed by atoms with Gasteiger partial charge in [0.25, 0.3) is 0 Å². The standard InChI is InChI=1S/C11H14O2.C3H9NO/c1-11(2,3)9-6-4-8(5-7-9)10(12)13;1-3(5)2-4/h4-7H,1-3H3,(H,12,13);3,5H,2,4H2,1H3. The molecule has 0 heterocycles. The lowest BCUT2D eigenvalue weighted by Gasteiger charge is -2.18. The zero-order chi connectivity index (χ0) is 14.3. The lowest BCUT2D eigenvalue weighted by Crippen LogP contribution is -2.14. The minimum absolute atomic E-state index is 0.0804. The second-order valence-electron chi connectivity index (χ2n) is 5.22.